The minimum Gasteiger partial charge on any atom is -0.317 e. The molecule has 0 bridgehead atoms. The van der Waals surface area contributed by atoms with Crippen LogP contribution in [0.4, 0.5) is 0 Å². The Balaban J connectivity index is 1.47. The van der Waals surface area contributed by atoms with Gasteiger partial charge in [0.05, 0.1) is 11.0 Å². The first-order chi connectivity index (χ1) is 16.2. The maximum atomic E-state index is 2.35. The summed E-state index contributed by atoms with van der Waals surface area (Å²) in [6, 6.07) is 27.2. The van der Waals surface area contributed by atoms with Gasteiger partial charge in [0.1, 0.15) is 0 Å². The molecule has 0 unspecified atom stereocenters. The van der Waals surface area contributed by atoms with Crippen LogP contribution in [0.15, 0.2) is 85.2 Å². The van der Waals surface area contributed by atoms with E-state index in [2.05, 4.69) is 136 Å². The third-order valence-corrected chi connectivity index (χ3v) is 8.12. The van der Waals surface area contributed by atoms with E-state index in [0.717, 1.165) is 12.8 Å². The first-order valence-corrected chi connectivity index (χ1v) is 12.6. The minimum atomic E-state index is 0.199. The lowest BCUT2D eigenvalue weighted by molar-refractivity contribution is 0.507. The number of fused-ring (bicyclic) bond motifs is 2. The smallest absolute Gasteiger partial charge is 0.0528 e. The molecule has 2 heterocycles. The second-order valence-corrected chi connectivity index (χ2v) is 10.9. The predicted octanol–water partition coefficient (Wildman–Crippen LogP) is 8.95. The fourth-order valence-corrected chi connectivity index (χ4v) is 4.76. The van der Waals surface area contributed by atoms with Crippen LogP contribution < -0.4 is 0 Å². The molecule has 5 rings (SSSR count). The van der Waals surface area contributed by atoms with Gasteiger partial charge in [0.25, 0.3) is 0 Å². The van der Waals surface area contributed by atoms with Crippen LogP contribution in [0.1, 0.15) is 65.5 Å². The molecule has 0 spiro atoms. The Morgan fingerprint density at radius 1 is 0.529 bits per heavy atom. The molecule has 2 nitrogen and oxygen atoms in total. The molecule has 2 heteroatoms. The van der Waals surface area contributed by atoms with E-state index in [0.29, 0.717) is 0 Å². The summed E-state index contributed by atoms with van der Waals surface area (Å²) in [7, 11) is 0. The lowest BCUT2D eigenvalue weighted by Gasteiger charge is -2.23. The molecule has 0 aliphatic carbocycles. The summed E-state index contributed by atoms with van der Waals surface area (Å²) < 4.78 is 4.57. The third-order valence-electron chi connectivity index (χ3n) is 8.12. The van der Waals surface area contributed by atoms with E-state index >= 15 is 0 Å². The van der Waals surface area contributed by atoms with Gasteiger partial charge in [0, 0.05) is 34.5 Å². The Labute approximate surface area is 203 Å². The van der Waals surface area contributed by atoms with Crippen LogP contribution in [-0.2, 0) is 10.8 Å². The van der Waals surface area contributed by atoms with E-state index in [9.17, 15) is 0 Å². The van der Waals surface area contributed by atoms with Gasteiger partial charge in [0.15, 0.2) is 0 Å². The highest BCUT2D eigenvalue weighted by Gasteiger charge is 2.20. The topological polar surface area (TPSA) is 9.86 Å². The van der Waals surface area contributed by atoms with Crippen molar-refractivity contribution in [3.63, 3.8) is 0 Å². The van der Waals surface area contributed by atoms with Crippen molar-refractivity contribution in [2.45, 2.75) is 65.2 Å². The standard InChI is InChI=1S/C32H36N2/c1-7-31(3,4)25-9-15-29-23(21-25)17-19-33(29)27-11-13-28(14-12-27)34-20-18-24-22-26(10-16-30(24)34)32(5,6)8-2/h9-22H,7-8H2,1-6H3. The molecule has 34 heavy (non-hydrogen) atoms. The lowest BCUT2D eigenvalue weighted by atomic mass is 9.82. The van der Waals surface area contributed by atoms with Gasteiger partial charge in [-0.1, -0.05) is 53.7 Å². The van der Waals surface area contributed by atoms with Crippen LogP contribution in [-0.4, -0.2) is 9.13 Å². The molecule has 0 aliphatic rings. The maximum absolute atomic E-state index is 2.35. The molecule has 3 aromatic carbocycles. The second kappa shape index (κ2) is 8.20. The summed E-state index contributed by atoms with van der Waals surface area (Å²) in [5.74, 6) is 0. The molecular weight excluding hydrogens is 412 g/mol. The van der Waals surface area contributed by atoms with Gasteiger partial charge in [-0.2, -0.15) is 0 Å². The molecule has 0 saturated carbocycles. The van der Waals surface area contributed by atoms with Crippen LogP contribution in [0.5, 0.6) is 0 Å². The molecule has 0 aliphatic heterocycles. The molecule has 0 saturated heterocycles. The van der Waals surface area contributed by atoms with Crippen LogP contribution in [0.25, 0.3) is 33.2 Å². The van der Waals surface area contributed by atoms with Gasteiger partial charge < -0.3 is 9.13 Å². The highest BCUT2D eigenvalue weighted by Crippen LogP contribution is 2.32. The van der Waals surface area contributed by atoms with Crippen molar-refractivity contribution < 1.29 is 0 Å². The first kappa shape index (κ1) is 22.5. The summed E-state index contributed by atoms with van der Waals surface area (Å²) in [5.41, 5.74) is 8.08. The summed E-state index contributed by atoms with van der Waals surface area (Å²) >= 11 is 0. The number of rotatable bonds is 6. The fourth-order valence-electron chi connectivity index (χ4n) is 4.76. The molecular formula is C32H36N2. The molecule has 5 aromatic rings. The van der Waals surface area contributed by atoms with Crippen LogP contribution in [0.3, 0.4) is 0 Å². The van der Waals surface area contributed by atoms with Crippen LogP contribution in [0, 0.1) is 0 Å². The van der Waals surface area contributed by atoms with Crippen molar-refractivity contribution in [1.82, 2.24) is 9.13 Å². The van der Waals surface area contributed by atoms with Crippen molar-refractivity contribution in [2.75, 3.05) is 0 Å². The fraction of sp³-hybridized carbons (Fsp3) is 0.312. The van der Waals surface area contributed by atoms with E-state index in [1.807, 2.05) is 0 Å². The number of hydrogen-bond donors (Lipinski definition) is 0. The summed E-state index contributed by atoms with van der Waals surface area (Å²) in [6.45, 7) is 13.8. The Hall–Kier alpha value is -3.26. The van der Waals surface area contributed by atoms with Gasteiger partial charge in [0.2, 0.25) is 0 Å². The molecule has 174 valence electrons. The zero-order valence-corrected chi connectivity index (χ0v) is 21.4. The maximum Gasteiger partial charge on any atom is 0.0528 e. The third kappa shape index (κ3) is 3.76. The molecule has 2 aromatic heterocycles. The predicted molar refractivity (Wildman–Crippen MR) is 147 cm³/mol. The number of hydrogen-bond acceptors (Lipinski definition) is 0. The summed E-state index contributed by atoms with van der Waals surface area (Å²) in [6.07, 6.45) is 6.63. The van der Waals surface area contributed by atoms with Gasteiger partial charge >= 0.3 is 0 Å². The highest BCUT2D eigenvalue weighted by molar-refractivity contribution is 5.84. The molecule has 0 radical (unpaired) electrons. The molecule has 0 atom stereocenters. The Morgan fingerprint density at radius 3 is 1.26 bits per heavy atom. The Bertz CT molecular complexity index is 1350. The molecule has 0 amide bonds. The number of nitrogens with zero attached hydrogens (tertiary/aromatic N) is 2. The second-order valence-electron chi connectivity index (χ2n) is 10.9. The van der Waals surface area contributed by atoms with E-state index in [4.69, 9.17) is 0 Å². The zero-order valence-electron chi connectivity index (χ0n) is 21.4. The van der Waals surface area contributed by atoms with Crippen molar-refractivity contribution in [3.8, 4) is 11.4 Å². The summed E-state index contributed by atoms with van der Waals surface area (Å²) in [4.78, 5) is 0. The van der Waals surface area contributed by atoms with Crippen molar-refractivity contribution in [2.24, 2.45) is 0 Å². The molecule has 0 fully saturated rings. The van der Waals surface area contributed by atoms with Crippen molar-refractivity contribution in [1.29, 1.82) is 0 Å². The number of benzene rings is 3. The van der Waals surface area contributed by atoms with Gasteiger partial charge in [-0.3, -0.25) is 0 Å². The minimum absolute atomic E-state index is 0.199. The van der Waals surface area contributed by atoms with Crippen molar-refractivity contribution >= 4 is 21.8 Å². The average molecular weight is 449 g/mol. The normalized spacial score (nSPS) is 12.6. The Morgan fingerprint density at radius 2 is 0.912 bits per heavy atom. The van der Waals surface area contributed by atoms with E-state index in [-0.39, 0.29) is 10.8 Å². The van der Waals surface area contributed by atoms with Gasteiger partial charge in [-0.05, 0) is 95.5 Å². The van der Waals surface area contributed by atoms with Gasteiger partial charge in [-0.15, -0.1) is 0 Å². The number of aromatic nitrogens is 2. The summed E-state index contributed by atoms with van der Waals surface area (Å²) in [5, 5.41) is 2.59. The van der Waals surface area contributed by atoms with E-state index in [1.54, 1.807) is 0 Å². The first-order valence-electron chi connectivity index (χ1n) is 12.6. The van der Waals surface area contributed by atoms with Crippen molar-refractivity contribution in [3.05, 3.63) is 96.3 Å². The van der Waals surface area contributed by atoms with Crippen LogP contribution in [0.2, 0.25) is 0 Å². The largest absolute Gasteiger partial charge is 0.317 e. The SMILES string of the molecule is CCC(C)(C)c1ccc2c(ccn2-c2ccc(-n3ccc4cc(C(C)(C)CC)ccc43)cc2)c1. The zero-order chi connectivity index (χ0) is 24.1. The quantitative estimate of drug-likeness (QED) is 0.245. The van der Waals surface area contributed by atoms with E-state index in [1.165, 1.54) is 44.3 Å². The Kier molecular flexibility index (Phi) is 5.43. The molecule has 0 N–H and O–H groups in total. The highest BCUT2D eigenvalue weighted by atomic mass is 15.0. The van der Waals surface area contributed by atoms with Gasteiger partial charge in [-0.25, -0.2) is 0 Å². The van der Waals surface area contributed by atoms with E-state index < -0.39 is 0 Å². The van der Waals surface area contributed by atoms with Crippen LogP contribution >= 0.6 is 0 Å². The lowest BCUT2D eigenvalue weighted by Crippen LogP contribution is -2.15. The monoisotopic (exact) mass is 448 g/mol. The average Bonchev–Trinajstić information content (AvgIpc) is 3.47.